The molecule has 1 fully saturated rings. The van der Waals surface area contributed by atoms with Gasteiger partial charge in [-0.25, -0.2) is 4.79 Å². The molecule has 1 aliphatic heterocycles. The van der Waals surface area contributed by atoms with Gasteiger partial charge in [0, 0.05) is 4.47 Å². The summed E-state index contributed by atoms with van der Waals surface area (Å²) in [6.45, 7) is -0.511. The molecule has 0 atom stereocenters. The van der Waals surface area contributed by atoms with Crippen molar-refractivity contribution < 1.29 is 24.2 Å². The maximum Gasteiger partial charge on any atom is 0.341 e. The Hall–Kier alpha value is -2.30. The van der Waals surface area contributed by atoms with Gasteiger partial charge in [-0.2, -0.15) is 0 Å². The summed E-state index contributed by atoms with van der Waals surface area (Å²) in [5, 5.41) is 17.1. The summed E-state index contributed by atoms with van der Waals surface area (Å²) < 4.78 is 11.9. The number of amides is 1. The third-order valence-corrected chi connectivity index (χ3v) is 5.80. The van der Waals surface area contributed by atoms with E-state index in [1.54, 1.807) is 42.5 Å². The predicted molar refractivity (Wildman–Crippen MR) is 119 cm³/mol. The number of ether oxygens (including phenoxy) is 2. The third kappa shape index (κ3) is 4.82. The quantitative estimate of drug-likeness (QED) is 0.512. The van der Waals surface area contributed by atoms with Crippen molar-refractivity contribution in [3.63, 3.8) is 0 Å². The van der Waals surface area contributed by atoms with Gasteiger partial charge < -0.3 is 14.6 Å². The van der Waals surface area contributed by atoms with Gasteiger partial charge in [-0.05, 0) is 75.7 Å². The highest BCUT2D eigenvalue weighted by atomic mass is 79.9. The maximum atomic E-state index is 12.8. The fourth-order valence-electron chi connectivity index (χ4n) is 2.56. The van der Waals surface area contributed by atoms with Gasteiger partial charge in [-0.15, -0.1) is 0 Å². The van der Waals surface area contributed by atoms with Gasteiger partial charge in [0.15, 0.2) is 23.3 Å². The van der Waals surface area contributed by atoms with Gasteiger partial charge in [-0.1, -0.05) is 15.9 Å². The van der Waals surface area contributed by atoms with Crippen molar-refractivity contribution in [3.8, 4) is 11.5 Å². The monoisotopic (exact) mass is 540 g/mol. The molecule has 2 N–H and O–H groups in total. The van der Waals surface area contributed by atoms with Crippen LogP contribution in [0.5, 0.6) is 11.5 Å². The van der Waals surface area contributed by atoms with Crippen LogP contribution < -0.4 is 14.4 Å². The van der Waals surface area contributed by atoms with Crippen LogP contribution in [0.15, 0.2) is 50.2 Å². The molecule has 1 aliphatic rings. The zero-order valence-corrected chi connectivity index (χ0v) is 18.9. The molecule has 2 aromatic carbocycles. The summed E-state index contributed by atoms with van der Waals surface area (Å²) in [6.07, 6.45) is 1.65. The van der Waals surface area contributed by atoms with E-state index in [-0.39, 0.29) is 16.8 Å². The first kappa shape index (κ1) is 21.4. The first-order valence-electron chi connectivity index (χ1n) is 8.10. The second-order valence-electron chi connectivity index (χ2n) is 5.75. The molecule has 2 aromatic rings. The summed E-state index contributed by atoms with van der Waals surface area (Å²) in [5.74, 6) is -0.831. The molecule has 150 valence electrons. The second kappa shape index (κ2) is 9.02. The Kier molecular flexibility index (Phi) is 6.66. The molecule has 0 saturated carbocycles. The topological polar surface area (TPSA) is 99.9 Å². The molecule has 10 heteroatoms. The number of anilines is 1. The summed E-state index contributed by atoms with van der Waals surface area (Å²) in [5.41, 5.74) is 1.24. The Balaban J connectivity index is 1.90. The summed E-state index contributed by atoms with van der Waals surface area (Å²) in [7, 11) is 1.44. The molecule has 7 nitrogen and oxygen atoms in total. The number of nitrogens with zero attached hydrogens (tertiary/aromatic N) is 1. The summed E-state index contributed by atoms with van der Waals surface area (Å²) in [4.78, 5) is 25.3. The largest absolute Gasteiger partial charge is 0.493 e. The van der Waals surface area contributed by atoms with E-state index in [1.165, 1.54) is 12.0 Å². The van der Waals surface area contributed by atoms with Crippen molar-refractivity contribution in [2.75, 3.05) is 18.6 Å². The molecule has 0 bridgehead atoms. The van der Waals surface area contributed by atoms with E-state index in [1.807, 2.05) is 0 Å². The van der Waals surface area contributed by atoms with Crippen LogP contribution in [0.3, 0.4) is 0 Å². The lowest BCUT2D eigenvalue weighted by molar-refractivity contribution is -0.139. The van der Waals surface area contributed by atoms with Crippen molar-refractivity contribution in [3.05, 3.63) is 55.8 Å². The van der Waals surface area contributed by atoms with Crippen LogP contribution >= 0.6 is 43.6 Å². The van der Waals surface area contributed by atoms with Gasteiger partial charge in [-0.3, -0.25) is 15.1 Å². The van der Waals surface area contributed by atoms with Crippen LogP contribution in [-0.4, -0.2) is 35.9 Å². The van der Waals surface area contributed by atoms with Crippen LogP contribution in [0.4, 0.5) is 5.69 Å². The minimum Gasteiger partial charge on any atom is -0.493 e. The molecule has 0 radical (unpaired) electrons. The number of rotatable bonds is 6. The zero-order valence-electron chi connectivity index (χ0n) is 14.9. The fourth-order valence-corrected chi connectivity index (χ4v) is 4.26. The fraction of sp³-hybridized carbons (Fsp3) is 0.105. The number of carbonyl (C=O) groups excluding carboxylic acids is 1. The Morgan fingerprint density at radius 3 is 2.59 bits per heavy atom. The highest BCUT2D eigenvalue weighted by molar-refractivity contribution is 9.10. The van der Waals surface area contributed by atoms with E-state index in [2.05, 4.69) is 31.9 Å². The van der Waals surface area contributed by atoms with E-state index in [0.29, 0.717) is 26.4 Å². The van der Waals surface area contributed by atoms with Crippen molar-refractivity contribution >= 4 is 72.4 Å². The SMILES string of the molecule is COc1cc(/C=C2\SC(=N)N(c3ccc(Br)cc3)C2=O)cc(Br)c1OCC(=O)O. The highest BCUT2D eigenvalue weighted by Crippen LogP contribution is 2.40. The van der Waals surface area contributed by atoms with Gasteiger partial charge in [0.1, 0.15) is 0 Å². The molecular formula is C19H14Br2N2O5S. The van der Waals surface area contributed by atoms with Crippen LogP contribution in [0.2, 0.25) is 0 Å². The number of carbonyl (C=O) groups is 2. The van der Waals surface area contributed by atoms with E-state index < -0.39 is 12.6 Å². The number of carboxylic acids is 1. The van der Waals surface area contributed by atoms with Gasteiger partial charge in [0.05, 0.1) is 22.2 Å². The Bertz CT molecular complexity index is 1020. The molecule has 29 heavy (non-hydrogen) atoms. The number of halogens is 2. The van der Waals surface area contributed by atoms with Crippen molar-refractivity contribution in [1.29, 1.82) is 5.41 Å². The molecule has 3 rings (SSSR count). The van der Waals surface area contributed by atoms with Gasteiger partial charge in [0.2, 0.25) is 0 Å². The Labute approximate surface area is 187 Å². The average molecular weight is 542 g/mol. The molecular weight excluding hydrogens is 528 g/mol. The van der Waals surface area contributed by atoms with Crippen molar-refractivity contribution in [2.45, 2.75) is 0 Å². The third-order valence-electron chi connectivity index (χ3n) is 3.80. The predicted octanol–water partition coefficient (Wildman–Crippen LogP) is 4.74. The van der Waals surface area contributed by atoms with E-state index >= 15 is 0 Å². The molecule has 0 aliphatic carbocycles. The van der Waals surface area contributed by atoms with Crippen LogP contribution in [0, 0.1) is 5.41 Å². The van der Waals surface area contributed by atoms with E-state index in [4.69, 9.17) is 20.0 Å². The van der Waals surface area contributed by atoms with Gasteiger partial charge in [0.25, 0.3) is 5.91 Å². The van der Waals surface area contributed by atoms with E-state index in [9.17, 15) is 9.59 Å². The smallest absolute Gasteiger partial charge is 0.341 e. The number of amidine groups is 1. The Morgan fingerprint density at radius 1 is 1.28 bits per heavy atom. The number of nitrogens with one attached hydrogen (secondary N) is 1. The van der Waals surface area contributed by atoms with Crippen LogP contribution in [0.1, 0.15) is 5.56 Å². The standard InChI is InChI=1S/C19H14Br2N2O5S/c1-27-14-7-10(6-13(21)17(14)28-9-16(24)25)8-15-18(26)23(19(22)29-15)12-4-2-11(20)3-5-12/h2-8,22H,9H2,1H3,(H,24,25)/b15-8-,22-19?. The number of benzene rings is 2. The lowest BCUT2D eigenvalue weighted by atomic mass is 10.1. The molecule has 0 aromatic heterocycles. The molecule has 0 spiro atoms. The van der Waals surface area contributed by atoms with Crippen LogP contribution in [-0.2, 0) is 9.59 Å². The minimum atomic E-state index is -1.11. The van der Waals surface area contributed by atoms with E-state index in [0.717, 1.165) is 16.2 Å². The van der Waals surface area contributed by atoms with Crippen molar-refractivity contribution in [2.24, 2.45) is 0 Å². The number of carboxylic acid groups (broad SMARTS) is 1. The molecule has 1 heterocycles. The lowest BCUT2D eigenvalue weighted by Crippen LogP contribution is -2.27. The molecule has 0 unspecified atom stereocenters. The normalized spacial score (nSPS) is 15.1. The summed E-state index contributed by atoms with van der Waals surface area (Å²) in [6, 6.07) is 10.4. The molecule has 1 saturated heterocycles. The number of methoxy groups -OCH3 is 1. The number of hydrogen-bond acceptors (Lipinski definition) is 6. The van der Waals surface area contributed by atoms with Gasteiger partial charge >= 0.3 is 5.97 Å². The van der Waals surface area contributed by atoms with Crippen molar-refractivity contribution in [1.82, 2.24) is 0 Å². The first-order valence-corrected chi connectivity index (χ1v) is 10.5. The average Bonchev–Trinajstić information content (AvgIpc) is 2.94. The number of thioether (sulfide) groups is 1. The lowest BCUT2D eigenvalue weighted by Gasteiger charge is -2.14. The number of hydrogen-bond donors (Lipinski definition) is 2. The maximum absolute atomic E-state index is 12.8. The Morgan fingerprint density at radius 2 is 1.97 bits per heavy atom. The highest BCUT2D eigenvalue weighted by Gasteiger charge is 2.33. The van der Waals surface area contributed by atoms with Crippen LogP contribution in [0.25, 0.3) is 6.08 Å². The first-order chi connectivity index (χ1) is 13.8. The zero-order chi connectivity index (χ0) is 21.1. The molecule has 1 amide bonds. The second-order valence-corrected chi connectivity index (χ2v) is 8.55. The minimum absolute atomic E-state index is 0.107. The summed E-state index contributed by atoms with van der Waals surface area (Å²) >= 11 is 7.75. The number of aliphatic carboxylic acids is 1.